The van der Waals surface area contributed by atoms with E-state index in [9.17, 15) is 34.5 Å². The van der Waals surface area contributed by atoms with Crippen molar-refractivity contribution in [1.82, 2.24) is 0 Å². The lowest BCUT2D eigenvalue weighted by Crippen LogP contribution is -2.62. The second kappa shape index (κ2) is 18.7. The van der Waals surface area contributed by atoms with E-state index in [0.29, 0.717) is 12.8 Å². The lowest BCUT2D eigenvalue weighted by atomic mass is 9.74. The fraction of sp³-hybridized carbons (Fsp3) is 0.706. The van der Waals surface area contributed by atoms with Crippen LogP contribution in [-0.4, -0.2) is 121 Å². The van der Waals surface area contributed by atoms with Gasteiger partial charge in [-0.1, -0.05) is 32.6 Å². The predicted molar refractivity (Wildman–Crippen MR) is 169 cm³/mol. The quantitative estimate of drug-likeness (QED) is 0.149. The number of aliphatic hydroxyl groups excluding tert-OH is 2. The van der Waals surface area contributed by atoms with Crippen molar-refractivity contribution in [1.29, 1.82) is 0 Å². The molecule has 0 radical (unpaired) electrons. The molecule has 15 heteroatoms. The Morgan fingerprint density at radius 3 is 2.47 bits per heavy atom. The highest BCUT2D eigenvalue weighted by Gasteiger charge is 2.57. The minimum atomic E-state index is -2.34. The normalized spacial score (nSPS) is 34.5. The van der Waals surface area contributed by atoms with Crippen molar-refractivity contribution in [2.45, 2.75) is 114 Å². The van der Waals surface area contributed by atoms with Crippen molar-refractivity contribution in [3.63, 3.8) is 0 Å². The number of fused-ring (bicyclic) bond motifs is 4. The highest BCUT2D eigenvalue weighted by atomic mass is 16.7. The van der Waals surface area contributed by atoms with Gasteiger partial charge >= 0.3 is 23.9 Å². The van der Waals surface area contributed by atoms with E-state index in [4.69, 9.17) is 37.9 Å². The minimum Gasteiger partial charge on any atom is -0.466 e. The summed E-state index contributed by atoms with van der Waals surface area (Å²) in [4.78, 5) is 49.8. The highest BCUT2D eigenvalue weighted by molar-refractivity contribution is 5.83. The minimum absolute atomic E-state index is 0.0506. The van der Waals surface area contributed by atoms with Crippen LogP contribution in [0.4, 0.5) is 0 Å². The summed E-state index contributed by atoms with van der Waals surface area (Å²) in [6, 6.07) is 0. The Labute approximate surface area is 286 Å². The molecule has 8 atom stereocenters. The van der Waals surface area contributed by atoms with Crippen molar-refractivity contribution < 1.29 is 72.4 Å². The Kier molecular flexibility index (Phi) is 15.4. The van der Waals surface area contributed by atoms with Crippen LogP contribution in [-0.2, 0) is 57.1 Å². The largest absolute Gasteiger partial charge is 0.466 e. The third-order valence-corrected chi connectivity index (χ3v) is 8.43. The van der Waals surface area contributed by atoms with Gasteiger partial charge in [-0.25, -0.2) is 4.79 Å². The highest BCUT2D eigenvalue weighted by Crippen LogP contribution is 2.46. The zero-order valence-electron chi connectivity index (χ0n) is 28.6. The molecule has 0 aliphatic carbocycles. The van der Waals surface area contributed by atoms with Gasteiger partial charge in [0.15, 0.2) is 12.4 Å². The summed E-state index contributed by atoms with van der Waals surface area (Å²) in [5, 5.41) is 32.8. The number of esters is 4. The van der Waals surface area contributed by atoms with Gasteiger partial charge in [0.1, 0.15) is 12.7 Å². The third kappa shape index (κ3) is 12.0. The molecule has 3 aliphatic rings. The zero-order chi connectivity index (χ0) is 36.2. The van der Waals surface area contributed by atoms with Gasteiger partial charge in [-0.05, 0) is 30.9 Å². The van der Waals surface area contributed by atoms with E-state index in [1.54, 1.807) is 26.0 Å². The molecule has 276 valence electrons. The maximum absolute atomic E-state index is 12.7. The van der Waals surface area contributed by atoms with Gasteiger partial charge in [-0.2, -0.15) is 0 Å². The van der Waals surface area contributed by atoms with E-state index in [2.05, 4.69) is 6.58 Å². The molecule has 0 aromatic heterocycles. The number of carbonyl (C=O) groups excluding carboxylic acids is 4. The number of cyclic esters (lactones) is 1. The number of hydrogen-bond donors (Lipinski definition) is 3. The van der Waals surface area contributed by atoms with Crippen LogP contribution in [0.5, 0.6) is 0 Å². The summed E-state index contributed by atoms with van der Waals surface area (Å²) in [6.07, 6.45) is -0.661. The molecule has 3 N–H and O–H groups in total. The Balaban J connectivity index is 2.04. The number of ether oxygens (including phenoxy) is 8. The number of rotatable bonds is 7. The molecule has 0 aromatic carbocycles. The molecule has 3 aliphatic heterocycles. The zero-order valence-corrected chi connectivity index (χ0v) is 28.6. The molecule has 4 bridgehead atoms. The van der Waals surface area contributed by atoms with Gasteiger partial charge in [0.05, 0.1) is 51.0 Å². The molecule has 1 unspecified atom stereocenters. The SMILES string of the molecule is C=CCOC(=O)C[C@H]1C[C@H]2CCOCC[C@@H](O)CC(=O)O[C@@H](CO)CC3C/C(=C\C(=O)OC)[C@H](OC(C)=O)[C@@](O)(O3)C(C)(C)/C=C/[C@H](O2)O1. The first-order chi connectivity index (χ1) is 23.2. The lowest BCUT2D eigenvalue weighted by molar-refractivity contribution is -0.327. The van der Waals surface area contributed by atoms with Gasteiger partial charge in [-0.3, -0.25) is 14.4 Å². The molecule has 49 heavy (non-hydrogen) atoms. The maximum atomic E-state index is 12.7. The summed E-state index contributed by atoms with van der Waals surface area (Å²) in [5.74, 6) is -5.13. The van der Waals surface area contributed by atoms with Crippen molar-refractivity contribution >= 4 is 23.9 Å². The molecule has 0 aromatic rings. The summed E-state index contributed by atoms with van der Waals surface area (Å²) < 4.78 is 45.1. The Hall–Kier alpha value is -3.18. The summed E-state index contributed by atoms with van der Waals surface area (Å²) in [5.41, 5.74) is -1.25. The average molecular weight is 699 g/mol. The first kappa shape index (κ1) is 40.3. The Morgan fingerprint density at radius 2 is 1.80 bits per heavy atom. The van der Waals surface area contributed by atoms with Crippen LogP contribution < -0.4 is 0 Å². The van der Waals surface area contributed by atoms with Crippen molar-refractivity contribution in [2.24, 2.45) is 5.41 Å². The van der Waals surface area contributed by atoms with E-state index < -0.39 is 84.6 Å². The summed E-state index contributed by atoms with van der Waals surface area (Å²) in [7, 11) is 1.17. The van der Waals surface area contributed by atoms with Gasteiger partial charge < -0.3 is 53.2 Å². The van der Waals surface area contributed by atoms with Crippen LogP contribution in [0, 0.1) is 5.41 Å². The Bertz CT molecular complexity index is 1210. The van der Waals surface area contributed by atoms with Crippen LogP contribution >= 0.6 is 0 Å². The smallest absolute Gasteiger partial charge is 0.330 e. The summed E-state index contributed by atoms with van der Waals surface area (Å²) >= 11 is 0. The van der Waals surface area contributed by atoms with Gasteiger partial charge in [-0.15, -0.1) is 0 Å². The number of carbonyl (C=O) groups is 4. The van der Waals surface area contributed by atoms with Crippen LogP contribution in [0.2, 0.25) is 0 Å². The Morgan fingerprint density at radius 1 is 1.08 bits per heavy atom. The fourth-order valence-corrected chi connectivity index (χ4v) is 5.84. The van der Waals surface area contributed by atoms with Crippen molar-refractivity contribution in [2.75, 3.05) is 33.5 Å². The van der Waals surface area contributed by atoms with Crippen molar-refractivity contribution in [3.05, 3.63) is 36.5 Å². The molecule has 2 fully saturated rings. The predicted octanol–water partition coefficient (Wildman–Crippen LogP) is 1.55. The molecule has 3 heterocycles. The van der Waals surface area contributed by atoms with E-state index in [-0.39, 0.29) is 57.5 Å². The first-order valence-corrected chi connectivity index (χ1v) is 16.4. The van der Waals surface area contributed by atoms with E-state index in [1.165, 1.54) is 13.2 Å². The van der Waals surface area contributed by atoms with Crippen LogP contribution in [0.3, 0.4) is 0 Å². The van der Waals surface area contributed by atoms with Gasteiger partial charge in [0, 0.05) is 44.5 Å². The van der Waals surface area contributed by atoms with Gasteiger partial charge in [0.2, 0.25) is 5.79 Å². The van der Waals surface area contributed by atoms with Crippen LogP contribution in [0.25, 0.3) is 0 Å². The number of methoxy groups -OCH3 is 1. The average Bonchev–Trinajstić information content (AvgIpc) is 3.03. The molecule has 3 rings (SSSR count). The molecule has 0 amide bonds. The van der Waals surface area contributed by atoms with Gasteiger partial charge in [0.25, 0.3) is 0 Å². The van der Waals surface area contributed by atoms with Crippen LogP contribution in [0.1, 0.15) is 65.7 Å². The lowest BCUT2D eigenvalue weighted by Gasteiger charge is -2.50. The molecule has 0 spiro atoms. The topological polar surface area (TPSA) is 203 Å². The third-order valence-electron chi connectivity index (χ3n) is 8.43. The van der Waals surface area contributed by atoms with E-state index >= 15 is 0 Å². The maximum Gasteiger partial charge on any atom is 0.330 e. The molecule has 2 saturated heterocycles. The van der Waals surface area contributed by atoms with E-state index in [1.807, 2.05) is 0 Å². The van der Waals surface area contributed by atoms with E-state index in [0.717, 1.165) is 13.0 Å². The fourth-order valence-electron chi connectivity index (χ4n) is 5.84. The van der Waals surface area contributed by atoms with Crippen LogP contribution in [0.15, 0.2) is 36.5 Å². The first-order valence-electron chi connectivity index (χ1n) is 16.4. The standard InChI is InChI=1S/C34H50O15/c1-6-11-44-29(39)19-25-17-24-9-13-43-12-8-23(37)16-30(40)46-27(20-35)18-26-14-22(15-28(38)42-5)32(45-21(2)36)34(41,49-26)33(3,4)10-7-31(47-24)48-25/h6-7,10,15,23-27,31-32,35,37,41H,1,8-9,11-14,16-20H2,2-5H3/b10-7+,22-15+/t23-,24-,25-,26?,27-,31-,32+,34-/m1/s1. The number of hydrogen-bond acceptors (Lipinski definition) is 15. The molecule has 0 saturated carbocycles. The monoisotopic (exact) mass is 698 g/mol. The second-order valence-corrected chi connectivity index (χ2v) is 12.8. The molecular formula is C34H50O15. The molecular weight excluding hydrogens is 648 g/mol. The number of aliphatic hydroxyl groups is 3. The second-order valence-electron chi connectivity index (χ2n) is 12.8. The molecule has 15 nitrogen and oxygen atoms in total. The van der Waals surface area contributed by atoms with Crippen molar-refractivity contribution in [3.8, 4) is 0 Å². The summed E-state index contributed by atoms with van der Waals surface area (Å²) in [6.45, 7) is 7.75.